The van der Waals surface area contributed by atoms with Crippen molar-refractivity contribution in [1.82, 2.24) is 5.32 Å². The van der Waals surface area contributed by atoms with E-state index in [2.05, 4.69) is 26.1 Å². The van der Waals surface area contributed by atoms with Crippen molar-refractivity contribution in [3.8, 4) is 0 Å². The monoisotopic (exact) mass is 201 g/mol. The molecule has 0 amide bonds. The van der Waals surface area contributed by atoms with Crippen LogP contribution in [0.2, 0.25) is 0 Å². The molecule has 0 spiro atoms. The molecule has 86 valence electrons. The summed E-state index contributed by atoms with van der Waals surface area (Å²) >= 11 is 0. The predicted molar refractivity (Wildman–Crippen MR) is 62.7 cm³/mol. The van der Waals surface area contributed by atoms with Crippen molar-refractivity contribution in [3.05, 3.63) is 0 Å². The lowest BCUT2D eigenvalue weighted by Crippen LogP contribution is -2.30. The Hall–Kier alpha value is -0.0800. The Balaban J connectivity index is 3.51. The Morgan fingerprint density at radius 2 is 1.93 bits per heavy atom. The van der Waals surface area contributed by atoms with Crippen LogP contribution in [0, 0.1) is 5.41 Å². The van der Waals surface area contributed by atoms with Gasteiger partial charge in [-0.3, -0.25) is 0 Å². The van der Waals surface area contributed by atoms with Crippen molar-refractivity contribution >= 4 is 0 Å². The van der Waals surface area contributed by atoms with E-state index in [4.69, 9.17) is 4.74 Å². The van der Waals surface area contributed by atoms with Gasteiger partial charge in [-0.15, -0.1) is 0 Å². The first kappa shape index (κ1) is 13.9. The summed E-state index contributed by atoms with van der Waals surface area (Å²) < 4.78 is 5.59. The number of hydrogen-bond donors (Lipinski definition) is 1. The lowest BCUT2D eigenvalue weighted by Gasteiger charge is -2.27. The number of hydrogen-bond acceptors (Lipinski definition) is 2. The molecule has 0 bridgehead atoms. The molecule has 0 rings (SSSR count). The van der Waals surface area contributed by atoms with Gasteiger partial charge in [-0.25, -0.2) is 0 Å². The molecule has 0 saturated carbocycles. The van der Waals surface area contributed by atoms with E-state index in [9.17, 15) is 0 Å². The zero-order valence-corrected chi connectivity index (χ0v) is 10.4. The summed E-state index contributed by atoms with van der Waals surface area (Å²) in [5.41, 5.74) is 0.404. The van der Waals surface area contributed by atoms with Gasteiger partial charge in [-0.2, -0.15) is 0 Å². The molecule has 2 heteroatoms. The molecular weight excluding hydrogens is 174 g/mol. The summed E-state index contributed by atoms with van der Waals surface area (Å²) in [5, 5.41) is 3.26. The van der Waals surface area contributed by atoms with E-state index < -0.39 is 0 Å². The number of nitrogens with one attached hydrogen (secondary N) is 1. The Labute approximate surface area is 89.4 Å². The Kier molecular flexibility index (Phi) is 8.20. The molecule has 0 aromatic rings. The summed E-state index contributed by atoms with van der Waals surface area (Å²) in [6.45, 7) is 9.69. The third-order valence-corrected chi connectivity index (χ3v) is 2.95. The first-order valence-electron chi connectivity index (χ1n) is 5.91. The second kappa shape index (κ2) is 8.25. The first-order valence-corrected chi connectivity index (χ1v) is 5.91. The highest BCUT2D eigenvalue weighted by atomic mass is 16.5. The van der Waals surface area contributed by atoms with Gasteiger partial charge in [-0.1, -0.05) is 27.2 Å². The number of rotatable bonds is 9. The lowest BCUT2D eigenvalue weighted by atomic mass is 9.84. The van der Waals surface area contributed by atoms with Crippen LogP contribution in [0.5, 0.6) is 0 Å². The van der Waals surface area contributed by atoms with Crippen molar-refractivity contribution in [1.29, 1.82) is 0 Å². The fourth-order valence-corrected chi connectivity index (χ4v) is 1.48. The second-order valence-electron chi connectivity index (χ2n) is 4.41. The first-order chi connectivity index (χ1) is 6.68. The van der Waals surface area contributed by atoms with Gasteiger partial charge in [-0.05, 0) is 31.7 Å². The van der Waals surface area contributed by atoms with E-state index in [0.29, 0.717) is 5.41 Å². The molecule has 0 heterocycles. The molecule has 1 atom stereocenters. The van der Waals surface area contributed by atoms with Crippen molar-refractivity contribution in [3.63, 3.8) is 0 Å². The molecule has 0 aliphatic heterocycles. The third-order valence-electron chi connectivity index (χ3n) is 2.95. The molecule has 1 N–H and O–H groups in total. The van der Waals surface area contributed by atoms with Crippen LogP contribution >= 0.6 is 0 Å². The molecule has 0 saturated heterocycles. The highest BCUT2D eigenvalue weighted by Crippen LogP contribution is 2.24. The van der Waals surface area contributed by atoms with E-state index in [1.165, 1.54) is 19.3 Å². The molecular formula is C12H27NO. The van der Waals surface area contributed by atoms with Gasteiger partial charge in [0.1, 0.15) is 0 Å². The van der Waals surface area contributed by atoms with Crippen LogP contribution in [0.3, 0.4) is 0 Å². The van der Waals surface area contributed by atoms with Crippen molar-refractivity contribution < 1.29 is 4.74 Å². The highest BCUT2D eigenvalue weighted by molar-refractivity contribution is 4.74. The molecule has 0 aliphatic carbocycles. The smallest absolute Gasteiger partial charge is 0.0471 e. The van der Waals surface area contributed by atoms with Gasteiger partial charge in [0, 0.05) is 19.8 Å². The average Bonchev–Trinajstić information content (AvgIpc) is 2.18. The van der Waals surface area contributed by atoms with E-state index in [1.807, 2.05) is 7.05 Å². The van der Waals surface area contributed by atoms with E-state index in [0.717, 1.165) is 26.2 Å². The number of ether oxygens (including phenoxy) is 1. The Morgan fingerprint density at radius 3 is 2.43 bits per heavy atom. The van der Waals surface area contributed by atoms with Crippen LogP contribution in [0.25, 0.3) is 0 Å². The Bertz CT molecular complexity index is 127. The van der Waals surface area contributed by atoms with Crippen LogP contribution < -0.4 is 5.32 Å². The second-order valence-corrected chi connectivity index (χ2v) is 4.41. The minimum Gasteiger partial charge on any atom is -0.381 e. The minimum atomic E-state index is 0.404. The largest absolute Gasteiger partial charge is 0.381 e. The van der Waals surface area contributed by atoms with Crippen LogP contribution in [-0.4, -0.2) is 26.8 Å². The summed E-state index contributed by atoms with van der Waals surface area (Å²) in [6, 6.07) is 0. The fraction of sp³-hybridized carbons (Fsp3) is 1.00. The number of unbranched alkanes of at least 4 members (excludes halogenated alkanes) is 1. The van der Waals surface area contributed by atoms with Gasteiger partial charge in [0.25, 0.3) is 0 Å². The van der Waals surface area contributed by atoms with Gasteiger partial charge < -0.3 is 10.1 Å². The molecule has 0 aliphatic rings. The summed E-state index contributed by atoms with van der Waals surface area (Å²) in [5.74, 6) is 0. The van der Waals surface area contributed by atoms with Gasteiger partial charge in [0.15, 0.2) is 0 Å². The van der Waals surface area contributed by atoms with Gasteiger partial charge >= 0.3 is 0 Å². The zero-order valence-electron chi connectivity index (χ0n) is 10.4. The van der Waals surface area contributed by atoms with Crippen LogP contribution in [-0.2, 0) is 4.74 Å². The third kappa shape index (κ3) is 6.39. The zero-order chi connectivity index (χ0) is 10.9. The summed E-state index contributed by atoms with van der Waals surface area (Å²) in [6.07, 6.45) is 4.79. The predicted octanol–water partition coefficient (Wildman–Crippen LogP) is 2.83. The van der Waals surface area contributed by atoms with Gasteiger partial charge in [0.05, 0.1) is 0 Å². The van der Waals surface area contributed by atoms with Crippen molar-refractivity contribution in [2.75, 3.05) is 26.8 Å². The maximum absolute atomic E-state index is 5.59. The quantitative estimate of drug-likeness (QED) is 0.579. The van der Waals surface area contributed by atoms with Gasteiger partial charge in [0.2, 0.25) is 0 Å². The molecule has 0 aromatic heterocycles. The normalized spacial score (nSPS) is 15.4. The molecule has 0 fully saturated rings. The van der Waals surface area contributed by atoms with E-state index in [1.54, 1.807) is 0 Å². The fourth-order valence-electron chi connectivity index (χ4n) is 1.48. The topological polar surface area (TPSA) is 21.3 Å². The standard InChI is InChI=1S/C12H27NO/c1-5-7-9-14-10-8-12(3,6-2)11-13-4/h13H,5-11H2,1-4H3. The SMILES string of the molecule is CCCCOCCC(C)(CC)CNC. The maximum atomic E-state index is 5.59. The summed E-state index contributed by atoms with van der Waals surface area (Å²) in [7, 11) is 2.02. The van der Waals surface area contributed by atoms with Crippen LogP contribution in [0.1, 0.15) is 46.5 Å². The molecule has 14 heavy (non-hydrogen) atoms. The van der Waals surface area contributed by atoms with Crippen LogP contribution in [0.4, 0.5) is 0 Å². The highest BCUT2D eigenvalue weighted by Gasteiger charge is 2.20. The lowest BCUT2D eigenvalue weighted by molar-refractivity contribution is 0.0952. The molecule has 1 unspecified atom stereocenters. The Morgan fingerprint density at radius 1 is 1.21 bits per heavy atom. The minimum absolute atomic E-state index is 0.404. The average molecular weight is 201 g/mol. The van der Waals surface area contributed by atoms with Crippen LogP contribution in [0.15, 0.2) is 0 Å². The van der Waals surface area contributed by atoms with E-state index in [-0.39, 0.29) is 0 Å². The molecule has 0 radical (unpaired) electrons. The van der Waals surface area contributed by atoms with Crippen molar-refractivity contribution in [2.24, 2.45) is 5.41 Å². The van der Waals surface area contributed by atoms with Crippen molar-refractivity contribution in [2.45, 2.75) is 46.5 Å². The molecule has 0 aromatic carbocycles. The maximum Gasteiger partial charge on any atom is 0.0471 e. The van der Waals surface area contributed by atoms with E-state index >= 15 is 0 Å². The summed E-state index contributed by atoms with van der Waals surface area (Å²) in [4.78, 5) is 0. The molecule has 2 nitrogen and oxygen atoms in total.